The molecule has 2 unspecified atom stereocenters. The third-order valence-corrected chi connectivity index (χ3v) is 4.20. The lowest BCUT2D eigenvalue weighted by atomic mass is 10.1. The van der Waals surface area contributed by atoms with Crippen molar-refractivity contribution < 1.29 is 4.74 Å². The number of nitrogens with one attached hydrogen (secondary N) is 1. The van der Waals surface area contributed by atoms with Crippen molar-refractivity contribution in [3.63, 3.8) is 0 Å². The highest BCUT2D eigenvalue weighted by Crippen LogP contribution is 2.31. The monoisotopic (exact) mass is 276 g/mol. The molecule has 0 amide bonds. The summed E-state index contributed by atoms with van der Waals surface area (Å²) in [6.45, 7) is 5.73. The smallest absolute Gasteiger partial charge is 0.147 e. The number of hydrogen-bond donors (Lipinski definition) is 1. The van der Waals surface area contributed by atoms with Crippen molar-refractivity contribution in [1.82, 2.24) is 15.3 Å². The van der Waals surface area contributed by atoms with Gasteiger partial charge in [-0.1, -0.05) is 6.92 Å². The van der Waals surface area contributed by atoms with Gasteiger partial charge in [0.05, 0.1) is 36.8 Å². The van der Waals surface area contributed by atoms with Gasteiger partial charge in [-0.05, 0) is 32.2 Å². The van der Waals surface area contributed by atoms with Crippen LogP contribution in [0.2, 0.25) is 0 Å². The average Bonchev–Trinajstić information content (AvgIpc) is 2.97. The van der Waals surface area contributed by atoms with Gasteiger partial charge in [0.15, 0.2) is 0 Å². The fourth-order valence-electron chi connectivity index (χ4n) is 3.19. The van der Waals surface area contributed by atoms with E-state index >= 15 is 0 Å². The summed E-state index contributed by atoms with van der Waals surface area (Å²) in [6.07, 6.45) is 9.03. The van der Waals surface area contributed by atoms with Gasteiger partial charge in [-0.25, -0.2) is 4.98 Å². The largest absolute Gasteiger partial charge is 0.374 e. The van der Waals surface area contributed by atoms with E-state index in [1.165, 1.54) is 19.3 Å². The van der Waals surface area contributed by atoms with E-state index in [0.29, 0.717) is 12.1 Å². The Morgan fingerprint density at radius 1 is 1.35 bits per heavy atom. The predicted octanol–water partition coefficient (Wildman–Crippen LogP) is 1.73. The van der Waals surface area contributed by atoms with Crippen LogP contribution in [0.4, 0.5) is 5.82 Å². The topological polar surface area (TPSA) is 50.3 Å². The Bertz CT molecular complexity index is 422. The Morgan fingerprint density at radius 3 is 3.10 bits per heavy atom. The molecule has 3 rings (SSSR count). The summed E-state index contributed by atoms with van der Waals surface area (Å²) in [5.41, 5.74) is 1.01. The highest BCUT2D eigenvalue weighted by atomic mass is 16.5. The van der Waals surface area contributed by atoms with E-state index in [2.05, 4.69) is 27.1 Å². The predicted molar refractivity (Wildman–Crippen MR) is 78.8 cm³/mol. The van der Waals surface area contributed by atoms with Crippen LogP contribution >= 0.6 is 0 Å². The number of aromatic nitrogens is 2. The van der Waals surface area contributed by atoms with Crippen LogP contribution in [0.3, 0.4) is 0 Å². The normalized spacial score (nSPS) is 25.8. The van der Waals surface area contributed by atoms with Crippen molar-refractivity contribution in [2.75, 3.05) is 24.6 Å². The van der Waals surface area contributed by atoms with Gasteiger partial charge >= 0.3 is 0 Å². The van der Waals surface area contributed by atoms with E-state index in [-0.39, 0.29) is 0 Å². The zero-order valence-corrected chi connectivity index (χ0v) is 12.2. The molecular weight excluding hydrogens is 252 g/mol. The highest BCUT2D eigenvalue weighted by molar-refractivity contribution is 5.39. The van der Waals surface area contributed by atoms with Crippen LogP contribution in [-0.4, -0.2) is 41.8 Å². The van der Waals surface area contributed by atoms with Crippen LogP contribution in [0, 0.1) is 0 Å². The van der Waals surface area contributed by atoms with Crippen molar-refractivity contribution in [2.24, 2.45) is 0 Å². The maximum absolute atomic E-state index is 5.84. The second-order valence-electron chi connectivity index (χ2n) is 5.64. The number of anilines is 1. The summed E-state index contributed by atoms with van der Waals surface area (Å²) in [5.74, 6) is 1.00. The van der Waals surface area contributed by atoms with E-state index in [0.717, 1.165) is 44.2 Å². The first-order valence-corrected chi connectivity index (χ1v) is 7.78. The van der Waals surface area contributed by atoms with Crippen LogP contribution in [-0.2, 0) is 11.3 Å². The summed E-state index contributed by atoms with van der Waals surface area (Å²) < 4.78 is 5.84. The maximum Gasteiger partial charge on any atom is 0.147 e. The Morgan fingerprint density at radius 2 is 2.30 bits per heavy atom. The van der Waals surface area contributed by atoms with E-state index in [1.807, 2.05) is 12.4 Å². The molecule has 1 N–H and O–H groups in total. The van der Waals surface area contributed by atoms with Crippen molar-refractivity contribution in [3.05, 3.63) is 18.1 Å². The Hall–Kier alpha value is -1.20. The molecule has 1 saturated carbocycles. The van der Waals surface area contributed by atoms with Gasteiger partial charge in [0.1, 0.15) is 5.82 Å². The minimum atomic E-state index is 0.399. The standard InChI is InChI=1S/C15H24N4O/c1-2-6-16-9-12-10-18-15(11-17-12)19-7-8-20-14-5-3-4-13(14)19/h10-11,13-14,16H,2-9H2,1H3. The van der Waals surface area contributed by atoms with Crippen LogP contribution in [0.25, 0.3) is 0 Å². The molecule has 5 nitrogen and oxygen atoms in total. The molecule has 0 spiro atoms. The second-order valence-corrected chi connectivity index (χ2v) is 5.64. The van der Waals surface area contributed by atoms with Gasteiger partial charge in [0.25, 0.3) is 0 Å². The summed E-state index contributed by atoms with van der Waals surface area (Å²) in [7, 11) is 0. The van der Waals surface area contributed by atoms with Gasteiger partial charge in [0, 0.05) is 13.1 Å². The van der Waals surface area contributed by atoms with Crippen molar-refractivity contribution >= 4 is 5.82 Å². The van der Waals surface area contributed by atoms with Crippen LogP contribution in [0.5, 0.6) is 0 Å². The van der Waals surface area contributed by atoms with Gasteiger partial charge in [0.2, 0.25) is 0 Å². The molecule has 110 valence electrons. The maximum atomic E-state index is 5.84. The summed E-state index contributed by atoms with van der Waals surface area (Å²) in [4.78, 5) is 11.5. The van der Waals surface area contributed by atoms with Gasteiger partial charge in [-0.3, -0.25) is 4.98 Å². The fraction of sp³-hybridized carbons (Fsp3) is 0.733. The molecule has 1 saturated heterocycles. The molecule has 1 aliphatic heterocycles. The van der Waals surface area contributed by atoms with Crippen molar-refractivity contribution in [3.8, 4) is 0 Å². The molecule has 1 aromatic rings. The molecule has 1 aromatic heterocycles. The molecule has 2 heterocycles. The summed E-state index contributed by atoms with van der Waals surface area (Å²) in [5, 5.41) is 3.35. The molecule has 0 aromatic carbocycles. The minimum absolute atomic E-state index is 0.399. The molecule has 0 radical (unpaired) electrons. The lowest BCUT2D eigenvalue weighted by molar-refractivity contribution is 0.0253. The molecule has 0 bridgehead atoms. The first-order chi connectivity index (χ1) is 9.88. The number of nitrogens with zero attached hydrogens (tertiary/aromatic N) is 3. The second kappa shape index (κ2) is 6.50. The van der Waals surface area contributed by atoms with Crippen molar-refractivity contribution in [1.29, 1.82) is 0 Å². The minimum Gasteiger partial charge on any atom is -0.374 e. The number of rotatable bonds is 5. The quantitative estimate of drug-likeness (QED) is 0.830. The molecule has 5 heteroatoms. The number of morpholine rings is 1. The zero-order chi connectivity index (χ0) is 13.8. The zero-order valence-electron chi connectivity index (χ0n) is 12.2. The fourth-order valence-corrected chi connectivity index (χ4v) is 3.19. The Balaban J connectivity index is 1.64. The van der Waals surface area contributed by atoms with E-state index < -0.39 is 0 Å². The number of ether oxygens (including phenoxy) is 1. The van der Waals surface area contributed by atoms with Gasteiger partial charge in [-0.2, -0.15) is 0 Å². The summed E-state index contributed by atoms with van der Waals surface area (Å²) >= 11 is 0. The summed E-state index contributed by atoms with van der Waals surface area (Å²) in [6, 6.07) is 0.502. The third kappa shape index (κ3) is 2.94. The lowest BCUT2D eigenvalue weighted by Gasteiger charge is -2.38. The molecule has 2 aliphatic rings. The highest BCUT2D eigenvalue weighted by Gasteiger charge is 2.36. The van der Waals surface area contributed by atoms with Crippen LogP contribution < -0.4 is 10.2 Å². The average molecular weight is 276 g/mol. The van der Waals surface area contributed by atoms with Gasteiger partial charge in [-0.15, -0.1) is 0 Å². The first kappa shape index (κ1) is 13.8. The van der Waals surface area contributed by atoms with Crippen LogP contribution in [0.1, 0.15) is 38.3 Å². The molecular formula is C15H24N4O. The Labute approximate surface area is 120 Å². The Kier molecular flexibility index (Phi) is 4.47. The SMILES string of the molecule is CCCNCc1cnc(N2CCOC3CCCC32)cn1. The van der Waals surface area contributed by atoms with E-state index in [4.69, 9.17) is 4.74 Å². The van der Waals surface area contributed by atoms with Crippen molar-refractivity contribution in [2.45, 2.75) is 51.3 Å². The van der Waals surface area contributed by atoms with E-state index in [9.17, 15) is 0 Å². The van der Waals surface area contributed by atoms with Gasteiger partial charge < -0.3 is 15.0 Å². The molecule has 2 fully saturated rings. The number of hydrogen-bond acceptors (Lipinski definition) is 5. The first-order valence-electron chi connectivity index (χ1n) is 7.78. The lowest BCUT2D eigenvalue weighted by Crippen LogP contribution is -2.49. The molecule has 1 aliphatic carbocycles. The molecule has 2 atom stereocenters. The number of fused-ring (bicyclic) bond motifs is 1. The van der Waals surface area contributed by atoms with E-state index in [1.54, 1.807) is 0 Å². The van der Waals surface area contributed by atoms with Crippen LogP contribution in [0.15, 0.2) is 12.4 Å². The third-order valence-electron chi connectivity index (χ3n) is 4.20. The molecule has 20 heavy (non-hydrogen) atoms.